The summed E-state index contributed by atoms with van der Waals surface area (Å²) in [6, 6.07) is 24.1. The number of hydrogen-bond donors (Lipinski definition) is 1. The zero-order chi connectivity index (χ0) is 22.5. The van der Waals surface area contributed by atoms with Crippen LogP contribution in [0.3, 0.4) is 0 Å². The summed E-state index contributed by atoms with van der Waals surface area (Å²) < 4.78 is 7.94. The third-order valence-corrected chi connectivity index (χ3v) is 5.53. The quantitative estimate of drug-likeness (QED) is 0.365. The van der Waals surface area contributed by atoms with Gasteiger partial charge in [-0.05, 0) is 60.5 Å². The second-order valence-electron chi connectivity index (χ2n) is 7.75. The summed E-state index contributed by atoms with van der Waals surface area (Å²) in [5.41, 5.74) is 5.99. The molecule has 3 heterocycles. The lowest BCUT2D eigenvalue weighted by molar-refractivity contribution is 0.277. The molecule has 6 nitrogen and oxygen atoms in total. The maximum absolute atomic E-state index is 9.29. The van der Waals surface area contributed by atoms with Crippen LogP contribution in [-0.4, -0.2) is 31.5 Å². The van der Waals surface area contributed by atoms with Crippen LogP contribution in [0.4, 0.5) is 0 Å². The second-order valence-corrected chi connectivity index (χ2v) is 7.75. The summed E-state index contributed by atoms with van der Waals surface area (Å²) in [6.07, 6.45) is 6.08. The van der Waals surface area contributed by atoms with Crippen molar-refractivity contribution in [3.05, 3.63) is 97.1 Å². The van der Waals surface area contributed by atoms with E-state index in [4.69, 9.17) is 4.74 Å². The normalized spacial score (nSPS) is 11.1. The number of fused-ring (bicyclic) bond motifs is 1. The molecule has 0 aliphatic carbocycles. The summed E-state index contributed by atoms with van der Waals surface area (Å²) in [4.78, 5) is 8.79. The van der Waals surface area contributed by atoms with Gasteiger partial charge in [-0.2, -0.15) is 5.10 Å². The van der Waals surface area contributed by atoms with Crippen LogP contribution in [0.2, 0.25) is 0 Å². The Morgan fingerprint density at radius 1 is 0.848 bits per heavy atom. The number of para-hydroxylation sites is 1. The number of pyridine rings is 2. The van der Waals surface area contributed by atoms with Gasteiger partial charge in [0.05, 0.1) is 23.1 Å². The first-order valence-electron chi connectivity index (χ1n) is 11.0. The standard InChI is InChI=1S/C27H24N4O2/c32-17-3-16-31-27(25(18-29-31)20-12-14-28-15-13-20)22-7-10-24(11-8-22)33-19-23-9-6-21-4-1-2-5-26(21)30-23/h1-2,4-15,18,32H,3,16-17,19H2. The van der Waals surface area contributed by atoms with E-state index in [1.165, 1.54) is 0 Å². The minimum atomic E-state index is 0.124. The molecule has 0 saturated carbocycles. The Balaban J connectivity index is 1.37. The topological polar surface area (TPSA) is 73.1 Å². The van der Waals surface area contributed by atoms with Crippen LogP contribution in [0.25, 0.3) is 33.3 Å². The molecule has 5 aromatic rings. The number of aromatic nitrogens is 4. The van der Waals surface area contributed by atoms with Gasteiger partial charge in [0.1, 0.15) is 12.4 Å². The van der Waals surface area contributed by atoms with Crippen molar-refractivity contribution in [1.82, 2.24) is 19.7 Å². The third-order valence-electron chi connectivity index (χ3n) is 5.53. The van der Waals surface area contributed by atoms with Crippen LogP contribution in [0.5, 0.6) is 5.75 Å². The first kappa shape index (κ1) is 20.8. The van der Waals surface area contributed by atoms with E-state index in [9.17, 15) is 5.11 Å². The number of aliphatic hydroxyl groups excluding tert-OH is 1. The van der Waals surface area contributed by atoms with Crippen molar-refractivity contribution in [3.8, 4) is 28.1 Å². The van der Waals surface area contributed by atoms with Crippen LogP contribution in [-0.2, 0) is 13.2 Å². The van der Waals surface area contributed by atoms with Crippen molar-refractivity contribution in [1.29, 1.82) is 0 Å². The Morgan fingerprint density at radius 3 is 2.48 bits per heavy atom. The maximum atomic E-state index is 9.29. The van der Waals surface area contributed by atoms with Gasteiger partial charge in [-0.25, -0.2) is 4.98 Å². The molecule has 2 aromatic carbocycles. The van der Waals surface area contributed by atoms with E-state index in [-0.39, 0.29) is 6.61 Å². The molecule has 5 rings (SSSR count). The van der Waals surface area contributed by atoms with E-state index in [0.29, 0.717) is 19.6 Å². The second kappa shape index (κ2) is 9.63. The van der Waals surface area contributed by atoms with E-state index >= 15 is 0 Å². The first-order valence-corrected chi connectivity index (χ1v) is 11.0. The molecule has 33 heavy (non-hydrogen) atoms. The van der Waals surface area contributed by atoms with E-state index in [1.807, 2.05) is 71.5 Å². The van der Waals surface area contributed by atoms with Gasteiger partial charge < -0.3 is 9.84 Å². The zero-order valence-corrected chi connectivity index (χ0v) is 18.1. The number of ether oxygens (including phenoxy) is 1. The smallest absolute Gasteiger partial charge is 0.130 e. The molecular weight excluding hydrogens is 412 g/mol. The summed E-state index contributed by atoms with van der Waals surface area (Å²) in [6.45, 7) is 1.17. The van der Waals surface area contributed by atoms with Crippen LogP contribution < -0.4 is 4.74 Å². The number of aliphatic hydroxyl groups is 1. The molecule has 1 N–H and O–H groups in total. The average molecular weight is 437 g/mol. The maximum Gasteiger partial charge on any atom is 0.130 e. The number of rotatable bonds is 8. The number of nitrogens with zero attached hydrogens (tertiary/aromatic N) is 4. The van der Waals surface area contributed by atoms with Gasteiger partial charge in [-0.3, -0.25) is 9.67 Å². The Hall–Kier alpha value is -4.03. The van der Waals surface area contributed by atoms with Gasteiger partial charge in [0, 0.05) is 42.1 Å². The molecule has 0 spiro atoms. The van der Waals surface area contributed by atoms with Gasteiger partial charge in [0.15, 0.2) is 0 Å². The lowest BCUT2D eigenvalue weighted by atomic mass is 10.0. The van der Waals surface area contributed by atoms with E-state index in [1.54, 1.807) is 12.4 Å². The molecule has 164 valence electrons. The largest absolute Gasteiger partial charge is 0.487 e. The molecule has 0 aliphatic heterocycles. The highest BCUT2D eigenvalue weighted by atomic mass is 16.5. The predicted octanol–water partition coefficient (Wildman–Crippen LogP) is 5.12. The molecular formula is C27H24N4O2. The van der Waals surface area contributed by atoms with Crippen molar-refractivity contribution in [2.45, 2.75) is 19.6 Å². The minimum Gasteiger partial charge on any atom is -0.487 e. The molecule has 0 fully saturated rings. The van der Waals surface area contributed by atoms with Crippen LogP contribution in [0.15, 0.2) is 91.4 Å². The van der Waals surface area contributed by atoms with E-state index < -0.39 is 0 Å². The minimum absolute atomic E-state index is 0.124. The highest BCUT2D eigenvalue weighted by Crippen LogP contribution is 2.33. The fourth-order valence-corrected chi connectivity index (χ4v) is 3.88. The Kier molecular flexibility index (Phi) is 6.08. The summed E-state index contributed by atoms with van der Waals surface area (Å²) in [7, 11) is 0. The van der Waals surface area contributed by atoms with Crippen molar-refractivity contribution in [3.63, 3.8) is 0 Å². The highest BCUT2D eigenvalue weighted by molar-refractivity contribution is 5.81. The van der Waals surface area contributed by atoms with Crippen molar-refractivity contribution < 1.29 is 9.84 Å². The predicted molar refractivity (Wildman–Crippen MR) is 129 cm³/mol. The number of hydrogen-bond acceptors (Lipinski definition) is 5. The molecule has 0 bridgehead atoms. The molecule has 0 amide bonds. The average Bonchev–Trinajstić information content (AvgIpc) is 3.31. The Labute approximate surface area is 192 Å². The molecule has 3 aromatic heterocycles. The summed E-state index contributed by atoms with van der Waals surface area (Å²) >= 11 is 0. The molecule has 0 radical (unpaired) electrons. The molecule has 0 atom stereocenters. The van der Waals surface area contributed by atoms with Gasteiger partial charge >= 0.3 is 0 Å². The van der Waals surface area contributed by atoms with Crippen molar-refractivity contribution >= 4 is 10.9 Å². The lowest BCUT2D eigenvalue weighted by Crippen LogP contribution is -2.04. The molecule has 0 aliphatic rings. The Bertz CT molecular complexity index is 1350. The zero-order valence-electron chi connectivity index (χ0n) is 18.1. The van der Waals surface area contributed by atoms with Crippen LogP contribution >= 0.6 is 0 Å². The number of benzene rings is 2. The van der Waals surface area contributed by atoms with Crippen molar-refractivity contribution in [2.75, 3.05) is 6.61 Å². The van der Waals surface area contributed by atoms with Gasteiger partial charge in [-0.15, -0.1) is 0 Å². The molecule has 0 unspecified atom stereocenters. The fourth-order valence-electron chi connectivity index (χ4n) is 3.88. The first-order chi connectivity index (χ1) is 16.3. The Morgan fingerprint density at radius 2 is 1.67 bits per heavy atom. The van der Waals surface area contributed by atoms with Crippen LogP contribution in [0, 0.1) is 0 Å². The van der Waals surface area contributed by atoms with Gasteiger partial charge in [-0.1, -0.05) is 24.3 Å². The lowest BCUT2D eigenvalue weighted by Gasteiger charge is -2.11. The molecule has 6 heteroatoms. The number of aryl methyl sites for hydroxylation is 1. The van der Waals surface area contributed by atoms with E-state index in [2.05, 4.69) is 27.2 Å². The highest BCUT2D eigenvalue weighted by Gasteiger charge is 2.15. The van der Waals surface area contributed by atoms with Crippen LogP contribution in [0.1, 0.15) is 12.1 Å². The van der Waals surface area contributed by atoms with Gasteiger partial charge in [0.2, 0.25) is 0 Å². The monoisotopic (exact) mass is 436 g/mol. The third kappa shape index (κ3) is 4.61. The molecule has 0 saturated heterocycles. The summed E-state index contributed by atoms with van der Waals surface area (Å²) in [5.74, 6) is 0.778. The fraction of sp³-hybridized carbons (Fsp3) is 0.148. The van der Waals surface area contributed by atoms with Gasteiger partial charge in [0.25, 0.3) is 0 Å². The van der Waals surface area contributed by atoms with Crippen molar-refractivity contribution in [2.24, 2.45) is 0 Å². The van der Waals surface area contributed by atoms with E-state index in [0.717, 1.165) is 44.7 Å². The SMILES string of the molecule is OCCCn1ncc(-c2ccncc2)c1-c1ccc(OCc2ccc3ccccc3n2)cc1. The summed E-state index contributed by atoms with van der Waals surface area (Å²) in [5, 5.41) is 15.0.